The number of hydrogen-bond acceptors (Lipinski definition) is 3. The second kappa shape index (κ2) is 9.13. The van der Waals surface area contributed by atoms with Crippen LogP contribution in [-0.4, -0.2) is 46.1 Å². The summed E-state index contributed by atoms with van der Waals surface area (Å²) in [5.74, 6) is 0.0222. The van der Waals surface area contributed by atoms with Crippen LogP contribution in [0.15, 0.2) is 24.4 Å². The first kappa shape index (κ1) is 22.5. The van der Waals surface area contributed by atoms with Crippen molar-refractivity contribution in [1.82, 2.24) is 9.47 Å². The summed E-state index contributed by atoms with van der Waals surface area (Å²) in [4.78, 5) is 27.4. The van der Waals surface area contributed by atoms with Crippen LogP contribution in [0.4, 0.5) is 0 Å². The highest BCUT2D eigenvalue weighted by Crippen LogP contribution is 2.46. The smallest absolute Gasteiger partial charge is 0.306 e. The number of nitrogens with zero attached hydrogens (tertiary/aromatic N) is 2. The number of hydrogen-bond donors (Lipinski definition) is 1. The maximum atomic E-state index is 13.6. The molecule has 1 amide bonds. The maximum Gasteiger partial charge on any atom is 0.306 e. The van der Waals surface area contributed by atoms with Crippen LogP contribution < -0.4 is 0 Å². The third-order valence-corrected chi connectivity index (χ3v) is 8.27. The van der Waals surface area contributed by atoms with Crippen LogP contribution in [0.5, 0.6) is 0 Å². The van der Waals surface area contributed by atoms with Crippen molar-refractivity contribution in [2.45, 2.75) is 82.9 Å². The molecule has 1 aromatic carbocycles. The molecule has 1 N–H and O–H groups in total. The van der Waals surface area contributed by atoms with Gasteiger partial charge in [0.25, 0.3) is 0 Å². The molecular formula is C27H36N2O4. The SMILES string of the molecule is COCn1cc(C(C)CC(=O)N2CCCC3C(C(=O)O)CCCC32)c2c(C3CC3)cccc21. The van der Waals surface area contributed by atoms with Crippen LogP contribution in [0.3, 0.4) is 0 Å². The number of ether oxygens (including phenoxy) is 1. The summed E-state index contributed by atoms with van der Waals surface area (Å²) in [6.07, 6.45) is 9.54. The van der Waals surface area contributed by atoms with Crippen LogP contribution in [0.1, 0.15) is 81.3 Å². The van der Waals surface area contributed by atoms with Crippen molar-refractivity contribution in [2.75, 3.05) is 13.7 Å². The van der Waals surface area contributed by atoms with Crippen LogP contribution >= 0.6 is 0 Å². The van der Waals surface area contributed by atoms with Crippen molar-refractivity contribution >= 4 is 22.8 Å². The highest BCUT2D eigenvalue weighted by atomic mass is 16.5. The number of fused-ring (bicyclic) bond motifs is 2. The lowest BCUT2D eigenvalue weighted by Crippen LogP contribution is -2.53. The Hall–Kier alpha value is -2.34. The zero-order chi connectivity index (χ0) is 23.1. The molecule has 3 fully saturated rings. The zero-order valence-corrected chi connectivity index (χ0v) is 19.8. The van der Waals surface area contributed by atoms with Crippen LogP contribution in [0.25, 0.3) is 10.9 Å². The number of methoxy groups -OCH3 is 1. The summed E-state index contributed by atoms with van der Waals surface area (Å²) >= 11 is 0. The van der Waals surface area contributed by atoms with Gasteiger partial charge in [0, 0.05) is 37.7 Å². The van der Waals surface area contributed by atoms with Crippen molar-refractivity contribution in [1.29, 1.82) is 0 Å². The number of benzene rings is 1. The molecule has 178 valence electrons. The lowest BCUT2D eigenvalue weighted by molar-refractivity contribution is -0.152. The molecule has 3 aliphatic rings. The number of piperidine rings is 1. The number of aromatic nitrogens is 1. The van der Waals surface area contributed by atoms with E-state index in [9.17, 15) is 14.7 Å². The number of aliphatic carboxylic acids is 1. The fourth-order valence-corrected chi connectivity index (χ4v) is 6.56. The number of likely N-dealkylation sites (tertiary alicyclic amines) is 1. The molecule has 2 aromatic rings. The first-order valence-electron chi connectivity index (χ1n) is 12.6. The fourth-order valence-electron chi connectivity index (χ4n) is 6.56. The van der Waals surface area contributed by atoms with Crippen molar-refractivity contribution in [2.24, 2.45) is 11.8 Å². The quantitative estimate of drug-likeness (QED) is 0.634. The molecule has 1 aliphatic heterocycles. The van der Waals surface area contributed by atoms with Crippen molar-refractivity contribution in [3.05, 3.63) is 35.5 Å². The second-order valence-corrected chi connectivity index (χ2v) is 10.4. The second-order valence-electron chi connectivity index (χ2n) is 10.4. The minimum atomic E-state index is -0.689. The molecule has 4 atom stereocenters. The molecule has 2 heterocycles. The Kier molecular flexibility index (Phi) is 6.21. The molecule has 0 spiro atoms. The van der Waals surface area contributed by atoms with Gasteiger partial charge >= 0.3 is 5.97 Å². The number of amides is 1. The van der Waals surface area contributed by atoms with Gasteiger partial charge in [-0.2, -0.15) is 0 Å². The molecule has 0 radical (unpaired) electrons. The molecule has 1 aromatic heterocycles. The van der Waals surface area contributed by atoms with Gasteiger partial charge in [-0.25, -0.2) is 0 Å². The highest BCUT2D eigenvalue weighted by Gasteiger charge is 2.43. The third kappa shape index (κ3) is 4.18. The van der Waals surface area contributed by atoms with Gasteiger partial charge in [0.05, 0.1) is 11.4 Å². The zero-order valence-electron chi connectivity index (χ0n) is 19.8. The van der Waals surface area contributed by atoms with Gasteiger partial charge in [-0.1, -0.05) is 25.5 Å². The topological polar surface area (TPSA) is 71.8 Å². The molecule has 6 nitrogen and oxygen atoms in total. The monoisotopic (exact) mass is 452 g/mol. The largest absolute Gasteiger partial charge is 0.481 e. The van der Waals surface area contributed by atoms with Crippen molar-refractivity contribution in [3.8, 4) is 0 Å². The van der Waals surface area contributed by atoms with Gasteiger partial charge in [-0.05, 0) is 73.5 Å². The molecule has 5 rings (SSSR count). The standard InChI is InChI=1S/C27H36N2O4/c1-17(14-25(30)29-13-5-8-20-21(27(31)32)7-4-9-23(20)29)22-15-28(16-33-2)24-10-3-6-19(26(22)24)18-11-12-18/h3,6,10,15,17-18,20-21,23H,4-5,7-9,11-14,16H2,1-2H3,(H,31,32). The van der Waals surface area contributed by atoms with Crippen LogP contribution in [0.2, 0.25) is 0 Å². The molecular weight excluding hydrogens is 416 g/mol. The number of carbonyl (C=O) groups is 2. The average Bonchev–Trinajstić information content (AvgIpc) is 3.59. The normalized spacial score (nSPS) is 26.2. The molecule has 6 heteroatoms. The van der Waals surface area contributed by atoms with Crippen LogP contribution in [0, 0.1) is 11.8 Å². The molecule has 0 bridgehead atoms. The Labute approximate surface area is 195 Å². The Morgan fingerprint density at radius 1 is 1.15 bits per heavy atom. The molecule has 4 unspecified atom stereocenters. The number of carbonyl (C=O) groups excluding carboxylic acids is 1. The number of carboxylic acid groups (broad SMARTS) is 1. The lowest BCUT2D eigenvalue weighted by Gasteiger charge is -2.46. The van der Waals surface area contributed by atoms with E-state index in [0.29, 0.717) is 19.1 Å². The number of carboxylic acids is 1. The van der Waals surface area contributed by atoms with Gasteiger partial charge in [0.15, 0.2) is 0 Å². The highest BCUT2D eigenvalue weighted by molar-refractivity contribution is 5.89. The maximum absolute atomic E-state index is 13.6. The minimum Gasteiger partial charge on any atom is -0.481 e. The fraction of sp³-hybridized carbons (Fsp3) is 0.630. The van der Waals surface area contributed by atoms with Gasteiger partial charge in [-0.15, -0.1) is 0 Å². The van der Waals surface area contributed by atoms with E-state index in [4.69, 9.17) is 4.74 Å². The molecule has 1 saturated heterocycles. The lowest BCUT2D eigenvalue weighted by atomic mass is 9.71. The molecule has 2 saturated carbocycles. The summed E-state index contributed by atoms with van der Waals surface area (Å²) in [6.45, 7) is 3.42. The Bertz CT molecular complexity index is 1040. The Morgan fingerprint density at radius 2 is 1.97 bits per heavy atom. The van der Waals surface area contributed by atoms with E-state index in [-0.39, 0.29) is 29.7 Å². The summed E-state index contributed by atoms with van der Waals surface area (Å²) in [5.41, 5.74) is 3.83. The summed E-state index contributed by atoms with van der Waals surface area (Å²) in [5, 5.41) is 11.0. The van der Waals surface area contributed by atoms with E-state index < -0.39 is 5.97 Å². The minimum absolute atomic E-state index is 0.0881. The predicted molar refractivity (Wildman–Crippen MR) is 127 cm³/mol. The average molecular weight is 453 g/mol. The summed E-state index contributed by atoms with van der Waals surface area (Å²) in [6, 6.07) is 6.63. The van der Waals surface area contributed by atoms with Gasteiger partial charge in [0.1, 0.15) is 6.73 Å². The third-order valence-electron chi connectivity index (χ3n) is 8.27. The van der Waals surface area contributed by atoms with E-state index >= 15 is 0 Å². The Morgan fingerprint density at radius 3 is 2.70 bits per heavy atom. The van der Waals surface area contributed by atoms with Crippen molar-refractivity contribution < 1.29 is 19.4 Å². The van der Waals surface area contributed by atoms with E-state index in [2.05, 4.69) is 35.9 Å². The predicted octanol–water partition coefficient (Wildman–Crippen LogP) is 5.11. The Balaban J connectivity index is 1.40. The number of rotatable bonds is 7. The van der Waals surface area contributed by atoms with Crippen molar-refractivity contribution in [3.63, 3.8) is 0 Å². The summed E-state index contributed by atoms with van der Waals surface area (Å²) in [7, 11) is 1.71. The van der Waals surface area contributed by atoms with E-state index in [0.717, 1.165) is 38.6 Å². The van der Waals surface area contributed by atoms with E-state index in [1.165, 1.54) is 34.9 Å². The van der Waals surface area contributed by atoms with Crippen LogP contribution in [-0.2, 0) is 21.1 Å². The van der Waals surface area contributed by atoms with Gasteiger partial charge in [-0.3, -0.25) is 9.59 Å². The summed E-state index contributed by atoms with van der Waals surface area (Å²) < 4.78 is 7.61. The molecule has 33 heavy (non-hydrogen) atoms. The first-order valence-corrected chi connectivity index (χ1v) is 12.6. The van der Waals surface area contributed by atoms with E-state index in [1.807, 2.05) is 4.90 Å². The first-order chi connectivity index (χ1) is 16.0. The van der Waals surface area contributed by atoms with Gasteiger partial charge in [0.2, 0.25) is 5.91 Å². The van der Waals surface area contributed by atoms with E-state index in [1.54, 1.807) is 7.11 Å². The van der Waals surface area contributed by atoms with Gasteiger partial charge < -0.3 is 19.3 Å². The molecule has 2 aliphatic carbocycles.